The van der Waals surface area contributed by atoms with Crippen molar-refractivity contribution < 1.29 is 4.79 Å². The van der Waals surface area contributed by atoms with E-state index in [4.69, 9.17) is 0 Å². The van der Waals surface area contributed by atoms with Gasteiger partial charge in [0.1, 0.15) is 5.82 Å². The van der Waals surface area contributed by atoms with E-state index in [-0.39, 0.29) is 0 Å². The van der Waals surface area contributed by atoms with Gasteiger partial charge >= 0.3 is 0 Å². The highest BCUT2D eigenvalue weighted by molar-refractivity contribution is 5.72. The first-order chi connectivity index (χ1) is 6.38. The van der Waals surface area contributed by atoms with E-state index in [0.29, 0.717) is 0 Å². The summed E-state index contributed by atoms with van der Waals surface area (Å²) in [5.41, 5.74) is 0. The first kappa shape index (κ1) is 9.84. The van der Waals surface area contributed by atoms with Crippen molar-refractivity contribution >= 4 is 12.2 Å². The van der Waals surface area contributed by atoms with Crippen LogP contribution in [-0.2, 0) is 4.79 Å². The third-order valence-corrected chi connectivity index (χ3v) is 2.02. The number of aromatic nitrogens is 1. The second kappa shape index (κ2) is 5.41. The van der Waals surface area contributed by atoms with Gasteiger partial charge in [0.2, 0.25) is 6.41 Å². The number of amides is 1. The van der Waals surface area contributed by atoms with Gasteiger partial charge in [-0.1, -0.05) is 19.8 Å². The van der Waals surface area contributed by atoms with Gasteiger partial charge in [-0.05, 0) is 18.6 Å². The molecule has 72 valence electrons. The van der Waals surface area contributed by atoms with Gasteiger partial charge in [0, 0.05) is 12.7 Å². The third-order valence-electron chi connectivity index (χ3n) is 2.02. The van der Waals surface area contributed by atoms with Crippen LogP contribution in [0.2, 0.25) is 0 Å². The summed E-state index contributed by atoms with van der Waals surface area (Å²) in [6.07, 6.45) is 6.11. The number of nitrogens with zero attached hydrogens (tertiary/aromatic N) is 1. The number of anilines is 1. The lowest BCUT2D eigenvalue weighted by molar-refractivity contribution is -0.107. The summed E-state index contributed by atoms with van der Waals surface area (Å²) in [4.78, 5) is 15.4. The molecule has 3 heteroatoms. The monoisotopic (exact) mass is 180 g/mol. The molecule has 1 heterocycles. The van der Waals surface area contributed by atoms with Crippen LogP contribution in [0.3, 0.4) is 0 Å². The predicted molar refractivity (Wildman–Crippen MR) is 53.7 cm³/mol. The number of aromatic amines is 1. The van der Waals surface area contributed by atoms with E-state index >= 15 is 0 Å². The molecule has 1 aromatic rings. The summed E-state index contributed by atoms with van der Waals surface area (Å²) in [5.74, 6) is 0.881. The minimum Gasteiger partial charge on any atom is -0.348 e. The fourth-order valence-electron chi connectivity index (χ4n) is 1.26. The number of hydrogen-bond acceptors (Lipinski definition) is 1. The Hall–Kier alpha value is -1.25. The molecule has 0 fully saturated rings. The van der Waals surface area contributed by atoms with Crippen molar-refractivity contribution in [3.8, 4) is 0 Å². The Morgan fingerprint density at radius 1 is 1.54 bits per heavy atom. The lowest BCUT2D eigenvalue weighted by atomic mass is 10.2. The molecule has 1 rings (SSSR count). The van der Waals surface area contributed by atoms with Gasteiger partial charge < -0.3 is 9.88 Å². The van der Waals surface area contributed by atoms with Gasteiger partial charge in [0.25, 0.3) is 0 Å². The molecule has 0 aromatic carbocycles. The first-order valence-corrected chi connectivity index (χ1v) is 4.73. The molecular weight excluding hydrogens is 164 g/mol. The fraction of sp³-hybridized carbons (Fsp3) is 0.500. The fourth-order valence-corrected chi connectivity index (χ4v) is 1.26. The third kappa shape index (κ3) is 2.93. The summed E-state index contributed by atoms with van der Waals surface area (Å²) in [6, 6.07) is 3.80. The van der Waals surface area contributed by atoms with Crippen LogP contribution in [0.15, 0.2) is 18.3 Å². The van der Waals surface area contributed by atoms with Crippen molar-refractivity contribution in [1.29, 1.82) is 0 Å². The van der Waals surface area contributed by atoms with Crippen LogP contribution in [0.25, 0.3) is 0 Å². The van der Waals surface area contributed by atoms with Crippen molar-refractivity contribution in [2.75, 3.05) is 11.4 Å². The Labute approximate surface area is 78.8 Å². The molecule has 13 heavy (non-hydrogen) atoms. The lowest BCUT2D eigenvalue weighted by Gasteiger charge is -2.14. The van der Waals surface area contributed by atoms with Gasteiger partial charge in [0.05, 0.1) is 0 Å². The zero-order valence-electron chi connectivity index (χ0n) is 7.99. The quantitative estimate of drug-likeness (QED) is 0.528. The average molecular weight is 180 g/mol. The van der Waals surface area contributed by atoms with Crippen molar-refractivity contribution in [1.82, 2.24) is 4.98 Å². The van der Waals surface area contributed by atoms with Gasteiger partial charge in [-0.25, -0.2) is 0 Å². The van der Waals surface area contributed by atoms with Crippen molar-refractivity contribution in [3.05, 3.63) is 18.3 Å². The van der Waals surface area contributed by atoms with Gasteiger partial charge in [-0.3, -0.25) is 4.79 Å². The minimum atomic E-state index is 0.803. The molecule has 0 saturated carbocycles. The average Bonchev–Trinajstić information content (AvgIpc) is 2.65. The molecule has 0 unspecified atom stereocenters. The van der Waals surface area contributed by atoms with Crippen molar-refractivity contribution in [3.63, 3.8) is 0 Å². The smallest absolute Gasteiger partial charge is 0.215 e. The lowest BCUT2D eigenvalue weighted by Crippen LogP contribution is -2.22. The summed E-state index contributed by atoms with van der Waals surface area (Å²) in [5, 5.41) is 0. The predicted octanol–water partition coefficient (Wildman–Crippen LogP) is 2.17. The summed E-state index contributed by atoms with van der Waals surface area (Å²) in [6.45, 7) is 2.96. The normalized spacial score (nSPS) is 9.92. The SMILES string of the molecule is CCCCCN(C=O)c1ccc[nH]1. The van der Waals surface area contributed by atoms with E-state index in [1.165, 1.54) is 12.8 Å². The van der Waals surface area contributed by atoms with Gasteiger partial charge in [0.15, 0.2) is 0 Å². The molecule has 0 saturated heterocycles. The largest absolute Gasteiger partial charge is 0.348 e. The molecule has 0 aliphatic heterocycles. The maximum Gasteiger partial charge on any atom is 0.215 e. The number of carbonyl (C=O) groups excluding carboxylic acids is 1. The highest BCUT2D eigenvalue weighted by Crippen LogP contribution is 2.09. The van der Waals surface area contributed by atoms with Gasteiger partial charge in [-0.2, -0.15) is 0 Å². The van der Waals surface area contributed by atoms with E-state index in [0.717, 1.165) is 25.2 Å². The Bertz CT molecular complexity index is 231. The van der Waals surface area contributed by atoms with E-state index in [1.54, 1.807) is 4.90 Å². The van der Waals surface area contributed by atoms with E-state index < -0.39 is 0 Å². The Kier molecular flexibility index (Phi) is 4.09. The highest BCUT2D eigenvalue weighted by Gasteiger charge is 2.03. The van der Waals surface area contributed by atoms with Crippen LogP contribution in [0.1, 0.15) is 26.2 Å². The van der Waals surface area contributed by atoms with Gasteiger partial charge in [-0.15, -0.1) is 0 Å². The molecule has 0 bridgehead atoms. The molecular formula is C10H16N2O. The molecule has 1 amide bonds. The molecule has 1 N–H and O–H groups in total. The number of H-pyrrole nitrogens is 1. The molecule has 0 aliphatic carbocycles. The molecule has 3 nitrogen and oxygen atoms in total. The van der Waals surface area contributed by atoms with Crippen LogP contribution >= 0.6 is 0 Å². The number of nitrogens with one attached hydrogen (secondary N) is 1. The van der Waals surface area contributed by atoms with E-state index in [9.17, 15) is 4.79 Å². The molecule has 0 atom stereocenters. The van der Waals surface area contributed by atoms with Crippen LogP contribution in [0, 0.1) is 0 Å². The van der Waals surface area contributed by atoms with E-state index in [2.05, 4.69) is 11.9 Å². The van der Waals surface area contributed by atoms with Crippen LogP contribution in [0.5, 0.6) is 0 Å². The maximum absolute atomic E-state index is 10.7. The van der Waals surface area contributed by atoms with Crippen molar-refractivity contribution in [2.45, 2.75) is 26.2 Å². The van der Waals surface area contributed by atoms with Crippen molar-refractivity contribution in [2.24, 2.45) is 0 Å². The highest BCUT2D eigenvalue weighted by atomic mass is 16.1. The summed E-state index contributed by atoms with van der Waals surface area (Å²) in [7, 11) is 0. The minimum absolute atomic E-state index is 0.803. The maximum atomic E-state index is 10.7. The summed E-state index contributed by atoms with van der Waals surface area (Å²) >= 11 is 0. The zero-order valence-corrected chi connectivity index (χ0v) is 7.99. The summed E-state index contributed by atoms with van der Waals surface area (Å²) < 4.78 is 0. The Morgan fingerprint density at radius 3 is 2.92 bits per heavy atom. The Balaban J connectivity index is 2.40. The van der Waals surface area contributed by atoms with E-state index in [1.807, 2.05) is 18.3 Å². The Morgan fingerprint density at radius 2 is 2.38 bits per heavy atom. The zero-order chi connectivity index (χ0) is 9.52. The molecule has 0 radical (unpaired) electrons. The van der Waals surface area contributed by atoms with Crippen LogP contribution in [-0.4, -0.2) is 17.9 Å². The van der Waals surface area contributed by atoms with Crippen LogP contribution < -0.4 is 4.90 Å². The first-order valence-electron chi connectivity index (χ1n) is 4.73. The second-order valence-electron chi connectivity index (χ2n) is 3.06. The number of rotatable bonds is 6. The number of carbonyl (C=O) groups is 1. The molecule has 0 aliphatic rings. The second-order valence-corrected chi connectivity index (χ2v) is 3.06. The van der Waals surface area contributed by atoms with Crippen LogP contribution in [0.4, 0.5) is 5.82 Å². The number of unbranched alkanes of at least 4 members (excludes halogenated alkanes) is 2. The molecule has 1 aromatic heterocycles. The number of hydrogen-bond donors (Lipinski definition) is 1. The molecule has 0 spiro atoms. The standard InChI is InChI=1S/C10H16N2O/c1-2-3-4-8-12(9-13)10-6-5-7-11-10/h5-7,9,11H,2-4,8H2,1H3. The topological polar surface area (TPSA) is 36.1 Å².